The quantitative estimate of drug-likeness (QED) is 0.226. The Morgan fingerprint density at radius 2 is 0.686 bits per heavy atom. The summed E-state index contributed by atoms with van der Waals surface area (Å²) in [5, 5.41) is 0. The maximum Gasteiger partial charge on any atom is -0.00268 e. The first-order valence-corrected chi connectivity index (χ1v) is 12.3. The van der Waals surface area contributed by atoms with Crippen molar-refractivity contribution in [2.75, 3.05) is 0 Å². The molecule has 0 nitrogen and oxygen atoms in total. The molecular formula is C35H30. The lowest BCUT2D eigenvalue weighted by Gasteiger charge is -2.18. The fourth-order valence-electron chi connectivity index (χ4n) is 4.61. The topological polar surface area (TPSA) is 0 Å². The molecule has 0 aromatic heterocycles. The first-order chi connectivity index (χ1) is 17.2. The molecule has 35 heavy (non-hydrogen) atoms. The fourth-order valence-corrected chi connectivity index (χ4v) is 4.61. The molecule has 0 aliphatic carbocycles. The van der Waals surface area contributed by atoms with Gasteiger partial charge in [0.05, 0.1) is 0 Å². The van der Waals surface area contributed by atoms with Crippen LogP contribution in [-0.4, -0.2) is 0 Å². The Balaban J connectivity index is 1.68. The molecule has 0 N–H and O–H groups in total. The van der Waals surface area contributed by atoms with Gasteiger partial charge in [0, 0.05) is 0 Å². The van der Waals surface area contributed by atoms with Crippen LogP contribution in [0.3, 0.4) is 0 Å². The molecule has 0 bridgehead atoms. The van der Waals surface area contributed by atoms with E-state index in [1.165, 1.54) is 50.1 Å². The van der Waals surface area contributed by atoms with E-state index in [2.05, 4.69) is 153 Å². The number of rotatable bonds is 6. The van der Waals surface area contributed by atoms with Crippen molar-refractivity contribution in [2.45, 2.75) is 19.8 Å². The third kappa shape index (κ3) is 5.03. The summed E-state index contributed by atoms with van der Waals surface area (Å²) in [4.78, 5) is 0. The third-order valence-electron chi connectivity index (χ3n) is 6.52. The number of hydrogen-bond donors (Lipinski definition) is 0. The molecule has 0 spiro atoms. The van der Waals surface area contributed by atoms with Gasteiger partial charge in [-0.05, 0) is 56.0 Å². The van der Waals surface area contributed by atoms with Crippen molar-refractivity contribution in [3.63, 3.8) is 0 Å². The zero-order chi connectivity index (χ0) is 24.0. The third-order valence-corrected chi connectivity index (χ3v) is 6.52. The molecular weight excluding hydrogens is 420 g/mol. The SMILES string of the molecule is CC(C)c1ccc(-c2ccc(C(=C(c3ccccc3)c3ccccc3)c3ccccc3)cc2)cc1. The van der Waals surface area contributed by atoms with E-state index < -0.39 is 0 Å². The monoisotopic (exact) mass is 450 g/mol. The molecule has 0 aliphatic heterocycles. The minimum absolute atomic E-state index is 0.541. The molecule has 0 heteroatoms. The summed E-state index contributed by atoms with van der Waals surface area (Å²) in [6.45, 7) is 4.47. The van der Waals surface area contributed by atoms with E-state index in [1.807, 2.05) is 0 Å². The number of hydrogen-bond acceptors (Lipinski definition) is 0. The lowest BCUT2D eigenvalue weighted by molar-refractivity contribution is 0.867. The minimum Gasteiger partial charge on any atom is -0.0622 e. The second kappa shape index (κ2) is 10.4. The maximum absolute atomic E-state index is 2.26. The van der Waals surface area contributed by atoms with Crippen molar-refractivity contribution in [1.82, 2.24) is 0 Å². The predicted molar refractivity (Wildman–Crippen MR) is 150 cm³/mol. The van der Waals surface area contributed by atoms with Gasteiger partial charge in [0.2, 0.25) is 0 Å². The van der Waals surface area contributed by atoms with E-state index in [4.69, 9.17) is 0 Å². The molecule has 0 atom stereocenters. The highest BCUT2D eigenvalue weighted by Crippen LogP contribution is 2.37. The summed E-state index contributed by atoms with van der Waals surface area (Å²) >= 11 is 0. The van der Waals surface area contributed by atoms with Crippen LogP contribution >= 0.6 is 0 Å². The van der Waals surface area contributed by atoms with E-state index in [0.29, 0.717) is 5.92 Å². The van der Waals surface area contributed by atoms with Crippen LogP contribution in [0.2, 0.25) is 0 Å². The predicted octanol–water partition coefficient (Wildman–Crippen LogP) is 9.48. The van der Waals surface area contributed by atoms with Crippen molar-refractivity contribution in [1.29, 1.82) is 0 Å². The molecule has 5 rings (SSSR count). The Morgan fingerprint density at radius 1 is 0.371 bits per heavy atom. The summed E-state index contributed by atoms with van der Waals surface area (Å²) in [7, 11) is 0. The van der Waals surface area contributed by atoms with Crippen molar-refractivity contribution >= 4 is 11.1 Å². The van der Waals surface area contributed by atoms with Gasteiger partial charge < -0.3 is 0 Å². The second-order valence-electron chi connectivity index (χ2n) is 9.20. The van der Waals surface area contributed by atoms with Gasteiger partial charge in [0.1, 0.15) is 0 Å². The summed E-state index contributed by atoms with van der Waals surface area (Å²) in [6, 6.07) is 50.1. The Hall–Kier alpha value is -4.16. The van der Waals surface area contributed by atoms with Gasteiger partial charge in [-0.25, -0.2) is 0 Å². The van der Waals surface area contributed by atoms with Crippen LogP contribution < -0.4 is 0 Å². The van der Waals surface area contributed by atoms with Gasteiger partial charge in [-0.1, -0.05) is 153 Å². The molecule has 170 valence electrons. The zero-order valence-electron chi connectivity index (χ0n) is 20.4. The largest absolute Gasteiger partial charge is 0.0622 e. The highest BCUT2D eigenvalue weighted by molar-refractivity contribution is 6.04. The highest BCUT2D eigenvalue weighted by Gasteiger charge is 2.16. The van der Waals surface area contributed by atoms with E-state index in [9.17, 15) is 0 Å². The Labute approximate surface area is 209 Å². The average Bonchev–Trinajstić information content (AvgIpc) is 2.93. The fraction of sp³-hybridized carbons (Fsp3) is 0.0857. The first-order valence-electron chi connectivity index (χ1n) is 12.3. The lowest BCUT2D eigenvalue weighted by Crippen LogP contribution is -1.97. The minimum atomic E-state index is 0.541. The van der Waals surface area contributed by atoms with Crippen molar-refractivity contribution in [3.05, 3.63) is 167 Å². The van der Waals surface area contributed by atoms with Crippen LogP contribution in [-0.2, 0) is 0 Å². The summed E-state index contributed by atoms with van der Waals surface area (Å²) in [6.07, 6.45) is 0. The first kappa shape index (κ1) is 22.6. The standard InChI is InChI=1S/C35H30/c1-26(2)27-18-20-28(21-19-27)29-22-24-33(25-23-29)35(32-16-10-5-11-17-32)34(30-12-6-3-7-13-30)31-14-8-4-9-15-31/h3-26H,1-2H3. The summed E-state index contributed by atoms with van der Waals surface area (Å²) in [5.41, 5.74) is 11.2. The van der Waals surface area contributed by atoms with Gasteiger partial charge in [0.15, 0.2) is 0 Å². The molecule has 5 aromatic rings. The second-order valence-corrected chi connectivity index (χ2v) is 9.20. The van der Waals surface area contributed by atoms with Crippen LogP contribution in [0.5, 0.6) is 0 Å². The van der Waals surface area contributed by atoms with Crippen LogP contribution in [0.4, 0.5) is 0 Å². The average molecular weight is 451 g/mol. The summed E-state index contributed by atoms with van der Waals surface area (Å²) < 4.78 is 0. The molecule has 0 heterocycles. The smallest absolute Gasteiger partial charge is 0.00268 e. The number of benzene rings is 5. The maximum atomic E-state index is 2.26. The van der Waals surface area contributed by atoms with Gasteiger partial charge in [-0.3, -0.25) is 0 Å². The lowest BCUT2D eigenvalue weighted by atomic mass is 9.85. The summed E-state index contributed by atoms with van der Waals surface area (Å²) in [5.74, 6) is 0.541. The van der Waals surface area contributed by atoms with Crippen molar-refractivity contribution in [2.24, 2.45) is 0 Å². The van der Waals surface area contributed by atoms with Crippen LogP contribution in [0.25, 0.3) is 22.3 Å². The molecule has 0 fully saturated rings. The van der Waals surface area contributed by atoms with Crippen LogP contribution in [0, 0.1) is 0 Å². The zero-order valence-corrected chi connectivity index (χ0v) is 20.4. The van der Waals surface area contributed by atoms with Crippen molar-refractivity contribution in [3.8, 4) is 11.1 Å². The van der Waals surface area contributed by atoms with E-state index >= 15 is 0 Å². The van der Waals surface area contributed by atoms with Crippen LogP contribution in [0.15, 0.2) is 140 Å². The molecule has 0 unspecified atom stereocenters. The highest BCUT2D eigenvalue weighted by atomic mass is 14.2. The Kier molecular flexibility index (Phi) is 6.73. The Morgan fingerprint density at radius 3 is 1.03 bits per heavy atom. The normalized spacial score (nSPS) is 10.8. The molecule has 0 aliphatic rings. The van der Waals surface area contributed by atoms with Gasteiger partial charge >= 0.3 is 0 Å². The van der Waals surface area contributed by atoms with E-state index in [0.717, 1.165) is 0 Å². The molecule has 0 saturated carbocycles. The molecule has 0 amide bonds. The van der Waals surface area contributed by atoms with Gasteiger partial charge in [-0.15, -0.1) is 0 Å². The van der Waals surface area contributed by atoms with Gasteiger partial charge in [0.25, 0.3) is 0 Å². The van der Waals surface area contributed by atoms with E-state index in [1.54, 1.807) is 0 Å². The molecule has 0 radical (unpaired) electrons. The van der Waals surface area contributed by atoms with Crippen molar-refractivity contribution < 1.29 is 0 Å². The van der Waals surface area contributed by atoms with Crippen LogP contribution in [0.1, 0.15) is 47.6 Å². The van der Waals surface area contributed by atoms with E-state index in [-0.39, 0.29) is 0 Å². The Bertz CT molecular complexity index is 1350. The molecule has 5 aromatic carbocycles. The van der Waals surface area contributed by atoms with Gasteiger partial charge in [-0.2, -0.15) is 0 Å². The molecule has 0 saturated heterocycles.